The van der Waals surface area contributed by atoms with Crippen molar-refractivity contribution in [2.75, 3.05) is 6.61 Å². The molecule has 0 aliphatic rings. The average Bonchev–Trinajstić information content (AvgIpc) is 2.78. The van der Waals surface area contributed by atoms with Crippen molar-refractivity contribution in [2.45, 2.75) is 174 Å². The molecule has 0 aliphatic heterocycles. The molecule has 0 aromatic rings. The van der Waals surface area contributed by atoms with E-state index < -0.39 is 0 Å². The Hall–Kier alpha value is -0.300. The fourth-order valence-corrected chi connectivity index (χ4v) is 4.48. The molecule has 0 atom stereocenters. The minimum absolute atomic E-state index is 0.372. The number of rotatable bonds is 27. The number of aliphatic hydroxyl groups excluding tert-OH is 1. The van der Waals surface area contributed by atoms with Crippen LogP contribution in [0.3, 0.4) is 0 Å². The summed E-state index contributed by atoms with van der Waals surface area (Å²) in [6.07, 6.45) is 41.1. The summed E-state index contributed by atoms with van der Waals surface area (Å²) in [6.45, 7) is 2.66. The molecule has 0 rings (SSSR count). The maximum absolute atomic E-state index is 8.76. The molecule has 1 nitrogen and oxygen atoms in total. The van der Waals surface area contributed by atoms with Gasteiger partial charge in [-0.2, -0.15) is 0 Å². The van der Waals surface area contributed by atoms with E-state index >= 15 is 0 Å². The SMILES string of the molecule is CCCCCCCCC/C=C\CCCCCCCCCCCCCCCCCCCO. The van der Waals surface area contributed by atoms with Crippen molar-refractivity contribution in [3.8, 4) is 0 Å². The molecule has 0 aromatic carbocycles. The van der Waals surface area contributed by atoms with Crippen LogP contribution >= 0.6 is 0 Å². The normalized spacial score (nSPS) is 11.7. The smallest absolute Gasteiger partial charge is 0.0431 e. The van der Waals surface area contributed by atoms with E-state index in [1.807, 2.05) is 0 Å². The predicted octanol–water partition coefficient (Wildman–Crippen LogP) is 10.7. The number of aliphatic hydroxyl groups is 1. The van der Waals surface area contributed by atoms with Crippen LogP contribution in [0.1, 0.15) is 174 Å². The predicted molar refractivity (Wildman–Crippen MR) is 142 cm³/mol. The number of hydrogen-bond donors (Lipinski definition) is 1. The van der Waals surface area contributed by atoms with Crippen LogP contribution in [0.4, 0.5) is 0 Å². The van der Waals surface area contributed by atoms with Gasteiger partial charge in [0.25, 0.3) is 0 Å². The molecule has 0 aliphatic carbocycles. The molecule has 1 heteroatoms. The Morgan fingerprint density at radius 3 is 0.903 bits per heavy atom. The molecule has 0 amide bonds. The number of allylic oxidation sites excluding steroid dienone is 2. The van der Waals surface area contributed by atoms with Crippen molar-refractivity contribution in [3.63, 3.8) is 0 Å². The molecule has 1 N–H and O–H groups in total. The molecule has 0 saturated carbocycles. The van der Waals surface area contributed by atoms with E-state index in [4.69, 9.17) is 5.11 Å². The van der Waals surface area contributed by atoms with Gasteiger partial charge in [-0.3, -0.25) is 0 Å². The fourth-order valence-electron chi connectivity index (χ4n) is 4.48. The monoisotopic (exact) mass is 436 g/mol. The van der Waals surface area contributed by atoms with Gasteiger partial charge in [-0.05, 0) is 32.1 Å². The van der Waals surface area contributed by atoms with E-state index in [9.17, 15) is 0 Å². The zero-order valence-electron chi connectivity index (χ0n) is 21.7. The zero-order valence-corrected chi connectivity index (χ0v) is 21.7. The molecule has 0 radical (unpaired) electrons. The van der Waals surface area contributed by atoms with Crippen LogP contribution in [0.5, 0.6) is 0 Å². The second kappa shape index (κ2) is 29.7. The van der Waals surface area contributed by atoms with E-state index in [2.05, 4.69) is 19.1 Å². The van der Waals surface area contributed by atoms with Gasteiger partial charge in [0.2, 0.25) is 0 Å². The average molecular weight is 437 g/mol. The van der Waals surface area contributed by atoms with Crippen LogP contribution < -0.4 is 0 Å². The Morgan fingerprint density at radius 1 is 0.355 bits per heavy atom. The number of unbranched alkanes of at least 4 members (excludes halogenated alkanes) is 24. The quantitative estimate of drug-likeness (QED) is 0.100. The minimum atomic E-state index is 0.372. The topological polar surface area (TPSA) is 20.2 Å². The third-order valence-corrected chi connectivity index (χ3v) is 6.67. The first-order valence-electron chi connectivity index (χ1n) is 14.7. The van der Waals surface area contributed by atoms with E-state index in [0.29, 0.717) is 6.61 Å². The first-order chi connectivity index (χ1) is 15.4. The van der Waals surface area contributed by atoms with Crippen LogP contribution in [0.2, 0.25) is 0 Å². The lowest BCUT2D eigenvalue weighted by Crippen LogP contribution is -1.85. The summed E-state index contributed by atoms with van der Waals surface area (Å²) in [4.78, 5) is 0. The van der Waals surface area contributed by atoms with Crippen LogP contribution in [-0.4, -0.2) is 11.7 Å². The largest absolute Gasteiger partial charge is 0.396 e. The van der Waals surface area contributed by atoms with Crippen molar-refractivity contribution in [3.05, 3.63) is 12.2 Å². The molecule has 0 fully saturated rings. The van der Waals surface area contributed by atoms with Gasteiger partial charge in [0.1, 0.15) is 0 Å². The van der Waals surface area contributed by atoms with Crippen molar-refractivity contribution in [2.24, 2.45) is 0 Å². The van der Waals surface area contributed by atoms with Crippen molar-refractivity contribution >= 4 is 0 Å². The van der Waals surface area contributed by atoms with Crippen molar-refractivity contribution in [1.29, 1.82) is 0 Å². The van der Waals surface area contributed by atoms with E-state index in [-0.39, 0.29) is 0 Å². The molecular formula is C30H60O. The van der Waals surface area contributed by atoms with E-state index in [1.165, 1.54) is 161 Å². The Morgan fingerprint density at radius 2 is 0.613 bits per heavy atom. The van der Waals surface area contributed by atoms with Gasteiger partial charge in [-0.25, -0.2) is 0 Å². The zero-order chi connectivity index (χ0) is 22.5. The lowest BCUT2D eigenvalue weighted by Gasteiger charge is -2.03. The third kappa shape index (κ3) is 29.7. The van der Waals surface area contributed by atoms with Gasteiger partial charge < -0.3 is 5.11 Å². The maximum atomic E-state index is 8.76. The second-order valence-electron chi connectivity index (χ2n) is 9.90. The van der Waals surface area contributed by atoms with Gasteiger partial charge in [0.15, 0.2) is 0 Å². The van der Waals surface area contributed by atoms with Gasteiger partial charge in [0, 0.05) is 6.61 Å². The summed E-state index contributed by atoms with van der Waals surface area (Å²) >= 11 is 0. The summed E-state index contributed by atoms with van der Waals surface area (Å²) in [5, 5.41) is 8.76. The van der Waals surface area contributed by atoms with Gasteiger partial charge >= 0.3 is 0 Å². The summed E-state index contributed by atoms with van der Waals surface area (Å²) in [5.41, 5.74) is 0. The van der Waals surface area contributed by atoms with Crippen molar-refractivity contribution < 1.29 is 5.11 Å². The fraction of sp³-hybridized carbons (Fsp3) is 0.933. The summed E-state index contributed by atoms with van der Waals surface area (Å²) in [5.74, 6) is 0. The standard InChI is InChI=1S/C30H60O/c1-2-3-4-5-6-7-8-9-10-11-12-13-14-15-16-17-18-19-20-21-22-23-24-25-26-27-28-29-30-31/h10-11,31H,2-9,12-30H2,1H3/b11-10-. The van der Waals surface area contributed by atoms with Gasteiger partial charge in [-0.15, -0.1) is 0 Å². The Kier molecular flexibility index (Phi) is 29.4. The minimum Gasteiger partial charge on any atom is -0.396 e. The summed E-state index contributed by atoms with van der Waals surface area (Å²) in [6, 6.07) is 0. The second-order valence-corrected chi connectivity index (χ2v) is 9.90. The van der Waals surface area contributed by atoms with E-state index in [0.717, 1.165) is 6.42 Å². The Bertz CT molecular complexity index is 322. The molecule has 0 spiro atoms. The van der Waals surface area contributed by atoms with Crippen LogP contribution in [-0.2, 0) is 0 Å². The maximum Gasteiger partial charge on any atom is 0.0431 e. The molecule has 31 heavy (non-hydrogen) atoms. The summed E-state index contributed by atoms with van der Waals surface area (Å²) in [7, 11) is 0. The Labute approximate surface area is 197 Å². The van der Waals surface area contributed by atoms with Gasteiger partial charge in [-0.1, -0.05) is 154 Å². The van der Waals surface area contributed by atoms with Gasteiger partial charge in [0.05, 0.1) is 0 Å². The first-order valence-corrected chi connectivity index (χ1v) is 14.7. The lowest BCUT2D eigenvalue weighted by molar-refractivity contribution is 0.282. The molecule has 0 heterocycles. The van der Waals surface area contributed by atoms with Crippen LogP contribution in [0, 0.1) is 0 Å². The molecule has 0 aromatic heterocycles. The van der Waals surface area contributed by atoms with E-state index in [1.54, 1.807) is 0 Å². The van der Waals surface area contributed by atoms with Crippen molar-refractivity contribution in [1.82, 2.24) is 0 Å². The molecule has 0 bridgehead atoms. The Balaban J connectivity index is 3.04. The summed E-state index contributed by atoms with van der Waals surface area (Å²) < 4.78 is 0. The molecule has 0 unspecified atom stereocenters. The highest BCUT2D eigenvalue weighted by Gasteiger charge is 1.95. The highest BCUT2D eigenvalue weighted by molar-refractivity contribution is 4.81. The molecular weight excluding hydrogens is 376 g/mol. The highest BCUT2D eigenvalue weighted by Crippen LogP contribution is 2.14. The number of hydrogen-bond acceptors (Lipinski definition) is 1. The molecule has 0 saturated heterocycles. The highest BCUT2D eigenvalue weighted by atomic mass is 16.2. The van der Waals surface area contributed by atoms with Crippen LogP contribution in [0.15, 0.2) is 12.2 Å². The first kappa shape index (κ1) is 30.7. The lowest BCUT2D eigenvalue weighted by atomic mass is 10.0. The van der Waals surface area contributed by atoms with Crippen LogP contribution in [0.25, 0.3) is 0 Å². The molecule has 186 valence electrons. The third-order valence-electron chi connectivity index (χ3n) is 6.67.